The lowest BCUT2D eigenvalue weighted by Gasteiger charge is -2.35. The van der Waals surface area contributed by atoms with E-state index < -0.39 is 0 Å². The quantitative estimate of drug-likeness (QED) is 0.790. The lowest BCUT2D eigenvalue weighted by molar-refractivity contribution is -0.117. The number of nitrogens with zero attached hydrogens (tertiary/aromatic N) is 1. The maximum atomic E-state index is 12.2. The second kappa shape index (κ2) is 7.51. The summed E-state index contributed by atoms with van der Waals surface area (Å²) in [7, 11) is 0. The zero-order valence-electron chi connectivity index (χ0n) is 14.4. The van der Waals surface area contributed by atoms with Gasteiger partial charge in [-0.15, -0.1) is 0 Å². The molecule has 1 aliphatic carbocycles. The number of carbonyl (C=O) groups is 1. The van der Waals surface area contributed by atoms with Crippen LogP contribution in [0.4, 0.5) is 5.69 Å². The van der Waals surface area contributed by atoms with Crippen LogP contribution in [0.15, 0.2) is 18.2 Å². The molecule has 122 valence electrons. The van der Waals surface area contributed by atoms with Crippen molar-refractivity contribution in [3.05, 3.63) is 29.3 Å². The molecular formula is C18H28NO2S+. The van der Waals surface area contributed by atoms with Crippen molar-refractivity contribution >= 4 is 22.8 Å². The lowest BCUT2D eigenvalue weighted by Crippen LogP contribution is -2.42. The summed E-state index contributed by atoms with van der Waals surface area (Å²) < 4.78 is 5.95. The highest BCUT2D eigenvalue weighted by Gasteiger charge is 2.31. The Labute approximate surface area is 137 Å². The molecule has 4 heteroatoms. The Hall–Kier alpha value is -1.00. The normalized spacial score (nSPS) is 21.9. The summed E-state index contributed by atoms with van der Waals surface area (Å²) in [5.41, 5.74) is 3.46. The van der Waals surface area contributed by atoms with Gasteiger partial charge in [0.1, 0.15) is 29.8 Å². The van der Waals surface area contributed by atoms with Crippen LogP contribution in [0.3, 0.4) is 0 Å². The topological polar surface area (TPSA) is 29.5 Å². The van der Waals surface area contributed by atoms with Crippen LogP contribution in [0.2, 0.25) is 0 Å². The Kier molecular flexibility index (Phi) is 5.93. The summed E-state index contributed by atoms with van der Waals surface area (Å²) in [4.78, 5) is 14.2. The van der Waals surface area contributed by atoms with Crippen molar-refractivity contribution in [3.63, 3.8) is 0 Å². The van der Waals surface area contributed by atoms with E-state index in [4.69, 9.17) is 4.18 Å². The highest BCUT2D eigenvalue weighted by molar-refractivity contribution is 7.90. The number of hydrogen-bond acceptors (Lipinski definition) is 2. The van der Waals surface area contributed by atoms with Gasteiger partial charge >= 0.3 is 0 Å². The predicted octanol–water partition coefficient (Wildman–Crippen LogP) is 3.78. The summed E-state index contributed by atoms with van der Waals surface area (Å²) in [6, 6.07) is 6.68. The van der Waals surface area contributed by atoms with Gasteiger partial charge in [0, 0.05) is 18.7 Å². The van der Waals surface area contributed by atoms with E-state index in [0.29, 0.717) is 12.1 Å². The zero-order chi connectivity index (χ0) is 16.3. The molecule has 0 aliphatic heterocycles. The number of benzene rings is 1. The van der Waals surface area contributed by atoms with Crippen LogP contribution in [0.1, 0.15) is 43.7 Å². The van der Waals surface area contributed by atoms with Crippen molar-refractivity contribution in [3.8, 4) is 0 Å². The minimum absolute atomic E-state index is 0.0334. The Morgan fingerprint density at radius 3 is 2.09 bits per heavy atom. The summed E-state index contributed by atoms with van der Waals surface area (Å²) in [5, 5.41) is 0. The number of aryl methyl sites for hydroxylation is 2. The van der Waals surface area contributed by atoms with Gasteiger partial charge in [0.2, 0.25) is 5.91 Å². The van der Waals surface area contributed by atoms with E-state index in [9.17, 15) is 4.79 Å². The molecule has 1 amide bonds. The van der Waals surface area contributed by atoms with Crippen LogP contribution in [-0.4, -0.2) is 30.6 Å². The van der Waals surface area contributed by atoms with Crippen LogP contribution < -0.4 is 4.90 Å². The number of carbonyl (C=O) groups excluding carboxylic acids is 1. The second-order valence-corrected chi connectivity index (χ2v) is 8.18. The molecule has 1 aromatic rings. The van der Waals surface area contributed by atoms with Gasteiger partial charge in [0.25, 0.3) is 0 Å². The van der Waals surface area contributed by atoms with Gasteiger partial charge in [0.15, 0.2) is 0 Å². The maximum absolute atomic E-state index is 12.2. The van der Waals surface area contributed by atoms with Crippen LogP contribution >= 0.6 is 0 Å². The van der Waals surface area contributed by atoms with Crippen molar-refractivity contribution in [1.82, 2.24) is 0 Å². The molecule has 1 fully saturated rings. The average molecular weight is 322 g/mol. The molecule has 1 aromatic carbocycles. The molecule has 2 rings (SSSR count). The van der Waals surface area contributed by atoms with Gasteiger partial charge in [-0.25, -0.2) is 0 Å². The monoisotopic (exact) mass is 322 g/mol. The molecule has 0 bridgehead atoms. The number of rotatable bonds is 4. The second-order valence-electron chi connectivity index (χ2n) is 6.50. The van der Waals surface area contributed by atoms with Crippen molar-refractivity contribution in [2.24, 2.45) is 0 Å². The van der Waals surface area contributed by atoms with E-state index >= 15 is 0 Å². The highest BCUT2D eigenvalue weighted by atomic mass is 32.2. The van der Waals surface area contributed by atoms with E-state index in [1.54, 1.807) is 6.92 Å². The Morgan fingerprint density at radius 2 is 1.64 bits per heavy atom. The SMILES string of the molecule is CC(=O)N(c1cc(C)cc(C)c1)C1CCC(O[S+](C)C)CC1. The first-order chi connectivity index (χ1) is 10.4. The Balaban J connectivity index is 2.11. The van der Waals surface area contributed by atoms with Gasteiger partial charge in [-0.3, -0.25) is 4.79 Å². The Bertz CT molecular complexity index is 502. The minimum Gasteiger partial charge on any atom is -0.310 e. The zero-order valence-corrected chi connectivity index (χ0v) is 15.2. The van der Waals surface area contributed by atoms with Crippen molar-refractivity contribution in [1.29, 1.82) is 0 Å². The van der Waals surface area contributed by atoms with E-state index in [0.717, 1.165) is 31.4 Å². The van der Waals surface area contributed by atoms with Crippen molar-refractivity contribution in [2.75, 3.05) is 17.4 Å². The van der Waals surface area contributed by atoms with Gasteiger partial charge in [-0.05, 0) is 62.8 Å². The molecule has 0 saturated heterocycles. The van der Waals surface area contributed by atoms with E-state index in [1.807, 2.05) is 4.90 Å². The summed E-state index contributed by atoms with van der Waals surface area (Å²) in [6.45, 7) is 5.85. The smallest absolute Gasteiger partial charge is 0.224 e. The number of amides is 1. The third-order valence-corrected chi connectivity index (χ3v) is 4.82. The van der Waals surface area contributed by atoms with E-state index in [2.05, 4.69) is 44.6 Å². The summed E-state index contributed by atoms with van der Waals surface area (Å²) in [5.74, 6) is 0.139. The molecule has 3 nitrogen and oxygen atoms in total. The van der Waals surface area contributed by atoms with E-state index in [1.165, 1.54) is 11.1 Å². The first-order valence-electron chi connectivity index (χ1n) is 7.99. The van der Waals surface area contributed by atoms with Gasteiger partial charge in [-0.2, -0.15) is 4.18 Å². The fraction of sp³-hybridized carbons (Fsp3) is 0.611. The fourth-order valence-electron chi connectivity index (χ4n) is 3.41. The van der Waals surface area contributed by atoms with Crippen LogP contribution in [-0.2, 0) is 20.2 Å². The van der Waals surface area contributed by atoms with Crippen molar-refractivity contribution in [2.45, 2.75) is 58.6 Å². The molecular weight excluding hydrogens is 294 g/mol. The fourth-order valence-corrected chi connectivity index (χ4v) is 4.15. The molecule has 0 unspecified atom stereocenters. The first-order valence-corrected chi connectivity index (χ1v) is 9.96. The van der Waals surface area contributed by atoms with Gasteiger partial charge in [0.05, 0.1) is 0 Å². The molecule has 0 N–H and O–H groups in total. The molecule has 0 atom stereocenters. The molecule has 0 spiro atoms. The largest absolute Gasteiger partial charge is 0.310 e. The van der Waals surface area contributed by atoms with Gasteiger partial charge < -0.3 is 4.90 Å². The van der Waals surface area contributed by atoms with Crippen LogP contribution in [0.5, 0.6) is 0 Å². The average Bonchev–Trinajstić information content (AvgIpc) is 2.39. The third-order valence-electron chi connectivity index (χ3n) is 4.16. The van der Waals surface area contributed by atoms with Crippen LogP contribution in [0.25, 0.3) is 0 Å². The number of anilines is 1. The van der Waals surface area contributed by atoms with Gasteiger partial charge in [-0.1, -0.05) is 6.07 Å². The van der Waals surface area contributed by atoms with Crippen molar-refractivity contribution < 1.29 is 8.98 Å². The summed E-state index contributed by atoms with van der Waals surface area (Å²) in [6.07, 6.45) is 8.73. The Morgan fingerprint density at radius 1 is 1.09 bits per heavy atom. The molecule has 0 radical (unpaired) electrons. The summed E-state index contributed by atoms with van der Waals surface area (Å²) >= 11 is 0.0334. The maximum Gasteiger partial charge on any atom is 0.224 e. The third kappa shape index (κ3) is 4.50. The lowest BCUT2D eigenvalue weighted by atomic mass is 9.91. The highest BCUT2D eigenvalue weighted by Crippen LogP contribution is 2.30. The minimum atomic E-state index is 0.0334. The molecule has 22 heavy (non-hydrogen) atoms. The molecule has 1 aliphatic rings. The first kappa shape index (κ1) is 17.4. The standard InChI is InChI=1S/C18H28NO2S/c1-13-10-14(2)12-17(11-13)19(15(3)20)16-6-8-18(9-7-16)21-22(4)5/h10-12,16,18H,6-9H2,1-5H3/q+1. The van der Waals surface area contributed by atoms with Crippen LogP contribution in [0, 0.1) is 13.8 Å². The molecule has 0 aromatic heterocycles. The van der Waals surface area contributed by atoms with E-state index in [-0.39, 0.29) is 17.1 Å². The predicted molar refractivity (Wildman–Crippen MR) is 95.4 cm³/mol. The number of hydrogen-bond donors (Lipinski definition) is 0. The molecule has 0 heterocycles. The molecule has 1 saturated carbocycles.